The Bertz CT molecular complexity index is 293. The van der Waals surface area contributed by atoms with Gasteiger partial charge in [0.1, 0.15) is 6.61 Å². The van der Waals surface area contributed by atoms with Crippen molar-refractivity contribution in [1.82, 2.24) is 10.2 Å². The molecule has 1 rings (SSSR count). The van der Waals surface area contributed by atoms with Gasteiger partial charge in [-0.2, -0.15) is 13.2 Å². The van der Waals surface area contributed by atoms with Crippen LogP contribution in [0.5, 0.6) is 0 Å². The van der Waals surface area contributed by atoms with Crippen LogP contribution in [0.4, 0.5) is 13.2 Å². The number of hydrogen-bond donors (Lipinski definition) is 1. The maximum absolute atomic E-state index is 11.8. The van der Waals surface area contributed by atoms with Crippen molar-refractivity contribution >= 4 is 5.91 Å². The molecule has 0 saturated carbocycles. The molecular weight excluding hydrogens is 249 g/mol. The minimum atomic E-state index is -4.33. The number of nitrogens with zero attached hydrogens (tertiary/aromatic N) is 1. The Kier molecular flexibility index (Phi) is 4.98. The quantitative estimate of drug-likeness (QED) is 0.778. The van der Waals surface area contributed by atoms with Crippen molar-refractivity contribution in [3.63, 3.8) is 0 Å². The summed E-state index contributed by atoms with van der Waals surface area (Å²) in [7, 11) is 0. The van der Waals surface area contributed by atoms with Crippen molar-refractivity contribution in [2.45, 2.75) is 32.0 Å². The molecule has 1 saturated heterocycles. The average Bonchev–Trinajstić information content (AvgIpc) is 2.21. The molecule has 1 amide bonds. The van der Waals surface area contributed by atoms with Gasteiger partial charge < -0.3 is 15.0 Å². The van der Waals surface area contributed by atoms with Gasteiger partial charge in [-0.05, 0) is 13.8 Å². The third-order valence-corrected chi connectivity index (χ3v) is 2.65. The van der Waals surface area contributed by atoms with Crippen LogP contribution in [0.25, 0.3) is 0 Å². The fourth-order valence-electron chi connectivity index (χ4n) is 1.86. The topological polar surface area (TPSA) is 41.6 Å². The Hall–Kier alpha value is -0.820. The van der Waals surface area contributed by atoms with Gasteiger partial charge in [0.2, 0.25) is 5.91 Å². The number of rotatable bonds is 4. The van der Waals surface area contributed by atoms with Crippen LogP contribution in [-0.4, -0.2) is 55.4 Å². The molecule has 4 nitrogen and oxygen atoms in total. The smallest absolute Gasteiger partial charge is 0.372 e. The van der Waals surface area contributed by atoms with Gasteiger partial charge in [-0.1, -0.05) is 0 Å². The molecule has 0 spiro atoms. The van der Waals surface area contributed by atoms with Crippen LogP contribution in [0.15, 0.2) is 0 Å². The number of carbonyl (C=O) groups excluding carboxylic acids is 1. The molecule has 106 valence electrons. The molecule has 1 fully saturated rings. The number of carbonyl (C=O) groups is 1. The van der Waals surface area contributed by atoms with Crippen LogP contribution in [0.3, 0.4) is 0 Å². The maximum atomic E-state index is 11.8. The second-order valence-corrected chi connectivity index (χ2v) is 5.04. The van der Waals surface area contributed by atoms with Gasteiger partial charge in [0.15, 0.2) is 0 Å². The molecule has 1 heterocycles. The van der Waals surface area contributed by atoms with E-state index in [1.54, 1.807) is 4.90 Å². The zero-order valence-corrected chi connectivity index (χ0v) is 10.6. The first-order chi connectivity index (χ1) is 8.20. The highest BCUT2D eigenvalue weighted by atomic mass is 19.4. The zero-order valence-electron chi connectivity index (χ0n) is 10.6. The number of alkyl halides is 3. The summed E-state index contributed by atoms with van der Waals surface area (Å²) >= 11 is 0. The summed E-state index contributed by atoms with van der Waals surface area (Å²) in [5, 5.41) is 3.26. The summed E-state index contributed by atoms with van der Waals surface area (Å²) in [5.74, 6) is -0.160. The molecule has 0 aromatic carbocycles. The Morgan fingerprint density at radius 3 is 2.67 bits per heavy atom. The molecule has 0 aliphatic carbocycles. The van der Waals surface area contributed by atoms with Crippen LogP contribution in [0.2, 0.25) is 0 Å². The Morgan fingerprint density at radius 1 is 1.44 bits per heavy atom. The molecule has 0 unspecified atom stereocenters. The van der Waals surface area contributed by atoms with Gasteiger partial charge in [-0.25, -0.2) is 0 Å². The maximum Gasteiger partial charge on any atom is 0.411 e. The summed E-state index contributed by atoms with van der Waals surface area (Å²) in [5.41, 5.74) is -0.152. The highest BCUT2D eigenvalue weighted by Crippen LogP contribution is 2.15. The first kappa shape index (κ1) is 15.2. The standard InChI is InChI=1S/C11H19F3N2O2/c1-10(2)7-16(5-4-15-10)9(17)3-6-18-8-11(12,13)14/h15H,3-8H2,1-2H3. The Morgan fingerprint density at radius 2 is 2.11 bits per heavy atom. The first-order valence-corrected chi connectivity index (χ1v) is 5.87. The monoisotopic (exact) mass is 268 g/mol. The van der Waals surface area contributed by atoms with Crippen molar-refractivity contribution in [3.8, 4) is 0 Å². The van der Waals surface area contributed by atoms with Gasteiger partial charge >= 0.3 is 6.18 Å². The molecule has 1 N–H and O–H groups in total. The van der Waals surface area contributed by atoms with Gasteiger partial charge in [0, 0.05) is 25.2 Å². The molecule has 1 aliphatic heterocycles. The highest BCUT2D eigenvalue weighted by Gasteiger charge is 2.29. The minimum Gasteiger partial charge on any atom is -0.372 e. The first-order valence-electron chi connectivity index (χ1n) is 5.87. The van der Waals surface area contributed by atoms with E-state index in [4.69, 9.17) is 0 Å². The number of nitrogens with one attached hydrogen (secondary N) is 1. The summed E-state index contributed by atoms with van der Waals surface area (Å²) in [6.45, 7) is 4.31. The van der Waals surface area contributed by atoms with E-state index in [1.807, 2.05) is 13.8 Å². The largest absolute Gasteiger partial charge is 0.411 e. The van der Waals surface area contributed by atoms with Gasteiger partial charge in [-0.15, -0.1) is 0 Å². The molecule has 18 heavy (non-hydrogen) atoms. The lowest BCUT2D eigenvalue weighted by atomic mass is 10.0. The summed E-state index contributed by atoms with van der Waals surface area (Å²) in [4.78, 5) is 13.4. The summed E-state index contributed by atoms with van der Waals surface area (Å²) in [6, 6.07) is 0. The second kappa shape index (κ2) is 5.88. The van der Waals surface area contributed by atoms with Gasteiger partial charge in [-0.3, -0.25) is 4.79 Å². The molecular formula is C11H19F3N2O2. The summed E-state index contributed by atoms with van der Waals surface area (Å²) < 4.78 is 39.8. The van der Waals surface area contributed by atoms with Crippen LogP contribution < -0.4 is 5.32 Å². The predicted molar refractivity (Wildman–Crippen MR) is 60.2 cm³/mol. The predicted octanol–water partition coefficient (Wildman–Crippen LogP) is 1.17. The number of piperazine rings is 1. The van der Waals surface area contributed by atoms with Crippen molar-refractivity contribution in [3.05, 3.63) is 0 Å². The zero-order chi connectivity index (χ0) is 13.8. The number of hydrogen-bond acceptors (Lipinski definition) is 3. The Labute approximate surface area is 104 Å². The third-order valence-electron chi connectivity index (χ3n) is 2.65. The third kappa shape index (κ3) is 5.68. The lowest BCUT2D eigenvalue weighted by Crippen LogP contribution is -2.58. The molecule has 0 aromatic heterocycles. The van der Waals surface area contributed by atoms with E-state index in [-0.39, 0.29) is 24.5 Å². The average molecular weight is 268 g/mol. The molecule has 0 bridgehead atoms. The van der Waals surface area contributed by atoms with E-state index in [0.29, 0.717) is 19.6 Å². The van der Waals surface area contributed by atoms with Crippen LogP contribution >= 0.6 is 0 Å². The fraction of sp³-hybridized carbons (Fsp3) is 0.909. The lowest BCUT2D eigenvalue weighted by Gasteiger charge is -2.39. The fourth-order valence-corrected chi connectivity index (χ4v) is 1.86. The second-order valence-electron chi connectivity index (χ2n) is 5.04. The lowest BCUT2D eigenvalue weighted by molar-refractivity contribution is -0.175. The minimum absolute atomic E-state index is 0.00778. The van der Waals surface area contributed by atoms with Crippen molar-refractivity contribution in [1.29, 1.82) is 0 Å². The molecule has 7 heteroatoms. The van der Waals surface area contributed by atoms with E-state index in [9.17, 15) is 18.0 Å². The number of amides is 1. The number of ether oxygens (including phenoxy) is 1. The molecule has 0 radical (unpaired) electrons. The number of halogens is 3. The van der Waals surface area contributed by atoms with E-state index in [1.165, 1.54) is 0 Å². The van der Waals surface area contributed by atoms with Gasteiger partial charge in [0.25, 0.3) is 0 Å². The van der Waals surface area contributed by atoms with Gasteiger partial charge in [0.05, 0.1) is 13.0 Å². The molecule has 1 aliphatic rings. The van der Waals surface area contributed by atoms with Crippen molar-refractivity contribution in [2.24, 2.45) is 0 Å². The summed E-state index contributed by atoms with van der Waals surface area (Å²) in [6.07, 6.45) is -4.34. The van der Waals surface area contributed by atoms with E-state index in [2.05, 4.69) is 10.1 Å². The van der Waals surface area contributed by atoms with Crippen molar-refractivity contribution in [2.75, 3.05) is 32.8 Å². The molecule has 0 atom stereocenters. The van der Waals surface area contributed by atoms with Crippen LogP contribution in [0.1, 0.15) is 20.3 Å². The van der Waals surface area contributed by atoms with Crippen LogP contribution in [-0.2, 0) is 9.53 Å². The highest BCUT2D eigenvalue weighted by molar-refractivity contribution is 5.76. The van der Waals surface area contributed by atoms with E-state index in [0.717, 1.165) is 0 Å². The Balaban J connectivity index is 2.24. The van der Waals surface area contributed by atoms with Crippen LogP contribution in [0, 0.1) is 0 Å². The SMILES string of the molecule is CC1(C)CN(C(=O)CCOCC(F)(F)F)CCN1. The van der Waals surface area contributed by atoms with E-state index < -0.39 is 12.8 Å². The normalized spacial score (nSPS) is 19.9. The molecule has 0 aromatic rings. The van der Waals surface area contributed by atoms with E-state index >= 15 is 0 Å². The van der Waals surface area contributed by atoms with Crippen molar-refractivity contribution < 1.29 is 22.7 Å².